The number of rotatable bonds is 6. The van der Waals surface area contributed by atoms with Crippen molar-refractivity contribution in [1.29, 1.82) is 0 Å². The van der Waals surface area contributed by atoms with Crippen LogP contribution in [0, 0.1) is 6.92 Å². The highest BCUT2D eigenvalue weighted by Crippen LogP contribution is 2.37. The zero-order valence-corrected chi connectivity index (χ0v) is 16.7. The molecule has 1 aliphatic heterocycles. The summed E-state index contributed by atoms with van der Waals surface area (Å²) in [6.45, 7) is 4.81. The number of alkyl halides is 3. The van der Waals surface area contributed by atoms with Gasteiger partial charge in [-0.05, 0) is 56.1 Å². The Labute approximate surface area is 173 Å². The summed E-state index contributed by atoms with van der Waals surface area (Å²) in [7, 11) is 0. The van der Waals surface area contributed by atoms with Crippen molar-refractivity contribution in [2.24, 2.45) is 0 Å². The summed E-state index contributed by atoms with van der Waals surface area (Å²) in [6, 6.07) is 13.9. The SMILES string of the molecule is Cc1oc(-c2ccc(-c3ccccc3)cc2OC(F)(F)F)nc1CCN1CCCC1. The van der Waals surface area contributed by atoms with Crippen LogP contribution in [0.5, 0.6) is 5.75 Å². The number of likely N-dealkylation sites (tertiary alicyclic amines) is 1. The summed E-state index contributed by atoms with van der Waals surface area (Å²) < 4.78 is 49.3. The standard InChI is InChI=1S/C23H23F3N2O2/c1-16-20(11-14-28-12-5-6-13-28)27-22(29-16)19-10-9-18(17-7-3-2-4-8-17)15-21(19)30-23(24,25)26/h2-4,7-10,15H,5-6,11-14H2,1H3. The monoisotopic (exact) mass is 416 g/mol. The number of aryl methyl sites for hydroxylation is 1. The maximum atomic E-state index is 13.1. The number of ether oxygens (including phenoxy) is 1. The zero-order chi connectivity index (χ0) is 21.1. The number of halogens is 3. The largest absolute Gasteiger partial charge is 0.573 e. The van der Waals surface area contributed by atoms with E-state index in [9.17, 15) is 13.2 Å². The van der Waals surface area contributed by atoms with Gasteiger partial charge in [-0.1, -0.05) is 36.4 Å². The Bertz CT molecular complexity index is 993. The van der Waals surface area contributed by atoms with Crippen molar-refractivity contribution >= 4 is 0 Å². The molecular weight excluding hydrogens is 393 g/mol. The van der Waals surface area contributed by atoms with Gasteiger partial charge < -0.3 is 14.1 Å². The van der Waals surface area contributed by atoms with Crippen molar-refractivity contribution in [2.45, 2.75) is 32.5 Å². The van der Waals surface area contributed by atoms with Gasteiger partial charge in [-0.2, -0.15) is 0 Å². The quantitative estimate of drug-likeness (QED) is 0.505. The van der Waals surface area contributed by atoms with E-state index in [0.29, 0.717) is 17.7 Å². The predicted molar refractivity (Wildman–Crippen MR) is 108 cm³/mol. The molecule has 1 aliphatic rings. The van der Waals surface area contributed by atoms with Crippen molar-refractivity contribution in [1.82, 2.24) is 9.88 Å². The van der Waals surface area contributed by atoms with Gasteiger partial charge >= 0.3 is 6.36 Å². The molecule has 0 saturated carbocycles. The maximum Gasteiger partial charge on any atom is 0.573 e. The average Bonchev–Trinajstić information content (AvgIpc) is 3.35. The molecular formula is C23H23F3N2O2. The minimum absolute atomic E-state index is 0.141. The van der Waals surface area contributed by atoms with Gasteiger partial charge in [0.1, 0.15) is 11.5 Å². The highest BCUT2D eigenvalue weighted by molar-refractivity contribution is 5.73. The minimum atomic E-state index is -4.82. The molecule has 1 fully saturated rings. The first-order valence-electron chi connectivity index (χ1n) is 10.0. The predicted octanol–water partition coefficient (Wildman–Crippen LogP) is 5.85. The van der Waals surface area contributed by atoms with E-state index in [4.69, 9.17) is 4.42 Å². The molecule has 3 aromatic rings. The van der Waals surface area contributed by atoms with E-state index in [1.54, 1.807) is 19.1 Å². The van der Waals surface area contributed by atoms with Crippen molar-refractivity contribution < 1.29 is 22.3 Å². The lowest BCUT2D eigenvalue weighted by atomic mass is 10.0. The van der Waals surface area contributed by atoms with Gasteiger partial charge in [0.25, 0.3) is 0 Å². The third-order valence-corrected chi connectivity index (χ3v) is 5.30. The van der Waals surface area contributed by atoms with Crippen LogP contribution >= 0.6 is 0 Å². The van der Waals surface area contributed by atoms with Crippen LogP contribution in [0.2, 0.25) is 0 Å². The smallest absolute Gasteiger partial charge is 0.441 e. The average molecular weight is 416 g/mol. The number of benzene rings is 2. The highest BCUT2D eigenvalue weighted by Gasteiger charge is 2.33. The van der Waals surface area contributed by atoms with Crippen LogP contribution in [-0.4, -0.2) is 35.9 Å². The summed E-state index contributed by atoms with van der Waals surface area (Å²) in [6.07, 6.45) is -1.71. The second kappa shape index (κ2) is 8.52. The molecule has 2 aromatic carbocycles. The van der Waals surface area contributed by atoms with Gasteiger partial charge in [0.2, 0.25) is 5.89 Å². The molecule has 0 amide bonds. The molecule has 1 aromatic heterocycles. The molecule has 1 saturated heterocycles. The van der Waals surface area contributed by atoms with E-state index in [1.165, 1.54) is 18.9 Å². The summed E-state index contributed by atoms with van der Waals surface area (Å²) >= 11 is 0. The van der Waals surface area contributed by atoms with Gasteiger partial charge in [-0.15, -0.1) is 13.2 Å². The molecule has 0 N–H and O–H groups in total. The van der Waals surface area contributed by atoms with Crippen LogP contribution < -0.4 is 4.74 Å². The Kier molecular flexibility index (Phi) is 5.81. The van der Waals surface area contributed by atoms with Gasteiger partial charge in [0, 0.05) is 13.0 Å². The number of nitrogens with zero attached hydrogens (tertiary/aromatic N) is 2. The summed E-state index contributed by atoms with van der Waals surface area (Å²) in [5.74, 6) is 0.438. The fourth-order valence-corrected chi connectivity index (χ4v) is 3.76. The number of aromatic nitrogens is 1. The molecule has 0 bridgehead atoms. The van der Waals surface area contributed by atoms with Gasteiger partial charge in [0.15, 0.2) is 0 Å². The van der Waals surface area contributed by atoms with Crippen LogP contribution in [0.1, 0.15) is 24.3 Å². The Morgan fingerprint density at radius 3 is 2.47 bits per heavy atom. The Hall–Kier alpha value is -2.80. The number of oxazole rings is 1. The summed E-state index contributed by atoms with van der Waals surface area (Å²) in [5.41, 5.74) is 2.37. The first kappa shape index (κ1) is 20.5. The van der Waals surface area contributed by atoms with Crippen LogP contribution in [-0.2, 0) is 6.42 Å². The Morgan fingerprint density at radius 2 is 1.77 bits per heavy atom. The molecule has 158 valence electrons. The lowest BCUT2D eigenvalue weighted by Gasteiger charge is -2.13. The van der Waals surface area contributed by atoms with Crippen LogP contribution in [0.25, 0.3) is 22.6 Å². The van der Waals surface area contributed by atoms with E-state index >= 15 is 0 Å². The first-order chi connectivity index (χ1) is 14.4. The fraction of sp³-hybridized carbons (Fsp3) is 0.348. The number of hydrogen-bond acceptors (Lipinski definition) is 4. The molecule has 4 rings (SSSR count). The second-order valence-corrected chi connectivity index (χ2v) is 7.45. The first-order valence-corrected chi connectivity index (χ1v) is 10.0. The molecule has 0 atom stereocenters. The van der Waals surface area contributed by atoms with E-state index in [2.05, 4.69) is 14.6 Å². The lowest BCUT2D eigenvalue weighted by Crippen LogP contribution is -2.22. The second-order valence-electron chi connectivity index (χ2n) is 7.45. The van der Waals surface area contributed by atoms with Crippen molar-refractivity contribution in [3.63, 3.8) is 0 Å². The van der Waals surface area contributed by atoms with Crippen molar-refractivity contribution in [2.75, 3.05) is 19.6 Å². The molecule has 0 aliphatic carbocycles. The normalized spacial score (nSPS) is 14.9. The zero-order valence-electron chi connectivity index (χ0n) is 16.7. The number of hydrogen-bond donors (Lipinski definition) is 0. The highest BCUT2D eigenvalue weighted by atomic mass is 19.4. The van der Waals surface area contributed by atoms with Crippen LogP contribution in [0.15, 0.2) is 52.9 Å². The minimum Gasteiger partial charge on any atom is -0.441 e. The van der Waals surface area contributed by atoms with Gasteiger partial charge in [-0.25, -0.2) is 4.98 Å². The van der Waals surface area contributed by atoms with E-state index in [-0.39, 0.29) is 17.2 Å². The van der Waals surface area contributed by atoms with E-state index in [1.807, 2.05) is 30.3 Å². The summed E-state index contributed by atoms with van der Waals surface area (Å²) in [4.78, 5) is 6.86. The third kappa shape index (κ3) is 4.84. The maximum absolute atomic E-state index is 13.1. The Balaban J connectivity index is 1.64. The molecule has 2 heterocycles. The van der Waals surface area contributed by atoms with E-state index in [0.717, 1.165) is 30.9 Å². The molecule has 4 nitrogen and oxygen atoms in total. The van der Waals surface area contributed by atoms with E-state index < -0.39 is 6.36 Å². The van der Waals surface area contributed by atoms with Crippen LogP contribution in [0.4, 0.5) is 13.2 Å². The van der Waals surface area contributed by atoms with Crippen molar-refractivity contribution in [3.8, 4) is 28.3 Å². The molecule has 0 spiro atoms. The molecule has 30 heavy (non-hydrogen) atoms. The van der Waals surface area contributed by atoms with Crippen molar-refractivity contribution in [3.05, 3.63) is 60.0 Å². The van der Waals surface area contributed by atoms with Crippen LogP contribution in [0.3, 0.4) is 0 Å². The third-order valence-electron chi connectivity index (χ3n) is 5.30. The fourth-order valence-electron chi connectivity index (χ4n) is 3.76. The topological polar surface area (TPSA) is 38.5 Å². The molecule has 0 unspecified atom stereocenters. The summed E-state index contributed by atoms with van der Waals surface area (Å²) in [5, 5.41) is 0. The molecule has 7 heteroatoms. The van der Waals surface area contributed by atoms with Gasteiger partial charge in [-0.3, -0.25) is 0 Å². The lowest BCUT2D eigenvalue weighted by molar-refractivity contribution is -0.274. The Morgan fingerprint density at radius 1 is 1.03 bits per heavy atom. The van der Waals surface area contributed by atoms with Gasteiger partial charge in [0.05, 0.1) is 11.3 Å². The molecule has 0 radical (unpaired) electrons.